The first-order valence-corrected chi connectivity index (χ1v) is 21.7. The number of nitrogens with zero attached hydrogens (tertiary/aromatic N) is 3. The van der Waals surface area contributed by atoms with Crippen LogP contribution >= 0.6 is 0 Å². The second-order valence-corrected chi connectivity index (χ2v) is 19.8. The van der Waals surface area contributed by atoms with Gasteiger partial charge in [0.25, 0.3) is 0 Å². The molecule has 0 radical (unpaired) electrons. The first-order chi connectivity index (χ1) is 29.5. The van der Waals surface area contributed by atoms with Crippen LogP contribution in [0.4, 0.5) is 0 Å². The Labute approximate surface area is 366 Å². The number of fused-ring (bicyclic) bond motifs is 2. The zero-order chi connectivity index (χ0) is 43.6. The number of phenols is 1. The number of rotatable bonds is 6. The smallest absolute Gasteiger partial charge is 0.149 e. The minimum absolute atomic E-state index is 0.131. The highest BCUT2D eigenvalue weighted by Gasteiger charge is 2.29. The lowest BCUT2D eigenvalue weighted by Gasteiger charge is -2.27. The van der Waals surface area contributed by atoms with Gasteiger partial charge in [0.1, 0.15) is 11.6 Å². The number of benzene rings is 7. The molecule has 0 aliphatic heterocycles. The Morgan fingerprint density at radius 1 is 0.452 bits per heavy atom. The predicted molar refractivity (Wildman–Crippen MR) is 261 cm³/mol. The molecule has 7 aromatic carbocycles. The van der Waals surface area contributed by atoms with E-state index in [0.717, 1.165) is 83.3 Å². The van der Waals surface area contributed by atoms with Gasteiger partial charge in [0.05, 0.1) is 28.0 Å². The minimum Gasteiger partial charge on any atom is -0.507 e. The van der Waals surface area contributed by atoms with Crippen LogP contribution in [-0.4, -0.2) is 19.6 Å². The third-order valence-electron chi connectivity index (χ3n) is 12.2. The summed E-state index contributed by atoms with van der Waals surface area (Å²) in [5, 5.41) is 14.8. The fourth-order valence-corrected chi connectivity index (χ4v) is 8.56. The lowest BCUT2D eigenvalue weighted by Crippen LogP contribution is -2.17. The molecule has 9 rings (SSSR count). The number of aromatic hydroxyl groups is 1. The van der Waals surface area contributed by atoms with Gasteiger partial charge in [-0.1, -0.05) is 178 Å². The molecule has 0 saturated carbocycles. The molecular weight excluding hydrogens is 755 g/mol. The van der Waals surface area contributed by atoms with Crippen LogP contribution in [0.1, 0.15) is 79.0 Å². The first kappa shape index (κ1) is 40.6. The van der Waals surface area contributed by atoms with Crippen LogP contribution in [0.5, 0.6) is 5.75 Å². The summed E-state index contributed by atoms with van der Waals surface area (Å²) in [6.07, 6.45) is 1.97. The maximum atomic E-state index is 12.5. The van der Waals surface area contributed by atoms with E-state index in [0.29, 0.717) is 11.4 Å². The molecule has 0 atom stereocenters. The lowest BCUT2D eigenvalue weighted by atomic mass is 9.79. The molecule has 4 nitrogen and oxygen atoms in total. The maximum Gasteiger partial charge on any atom is 0.149 e. The van der Waals surface area contributed by atoms with E-state index >= 15 is 0 Å². The Kier molecular flexibility index (Phi) is 10.0. The molecule has 0 amide bonds. The van der Waals surface area contributed by atoms with E-state index in [1.165, 1.54) is 5.56 Å². The molecule has 62 heavy (non-hydrogen) atoms. The summed E-state index contributed by atoms with van der Waals surface area (Å²) in [6.45, 7) is 20.0. The van der Waals surface area contributed by atoms with Gasteiger partial charge in [-0.3, -0.25) is 9.55 Å². The molecule has 0 spiro atoms. The zero-order valence-electron chi connectivity index (χ0n) is 37.4. The van der Waals surface area contributed by atoms with E-state index in [9.17, 15) is 5.11 Å². The van der Waals surface area contributed by atoms with Gasteiger partial charge in [0, 0.05) is 33.8 Å². The molecule has 2 aromatic heterocycles. The zero-order valence-corrected chi connectivity index (χ0v) is 37.4. The number of hydrogen-bond acceptors (Lipinski definition) is 3. The van der Waals surface area contributed by atoms with Crippen molar-refractivity contribution in [2.75, 3.05) is 0 Å². The molecule has 2 heterocycles. The van der Waals surface area contributed by atoms with Gasteiger partial charge in [-0.25, -0.2) is 4.98 Å². The van der Waals surface area contributed by atoms with Crippen LogP contribution in [0.15, 0.2) is 164 Å². The molecule has 0 aliphatic rings. The Hall–Kier alpha value is -6.78. The number of hydrogen-bond donors (Lipinski definition) is 1. The van der Waals surface area contributed by atoms with E-state index < -0.39 is 0 Å². The summed E-state index contributed by atoms with van der Waals surface area (Å²) >= 11 is 0. The molecule has 4 heteroatoms. The standard InChI is InChI=1S/C58H55N3O/c1-56(2,3)44-30-42(29-43(31-44)50-33-39-23-16-17-24-41(39)36-59-50)46-25-18-26-52-53(46)60-55(48-34-45(57(4,5)6)35-49(54(48)62)58(7,8)9)61(52)51-28-27-40(37-19-12-10-13-20-37)32-47(51)38-21-14-11-15-22-38/h10-36,62H,1-9H3. The molecular formula is C58H55N3O. The van der Waals surface area contributed by atoms with Crippen LogP contribution in [0.2, 0.25) is 0 Å². The molecule has 0 saturated heterocycles. The van der Waals surface area contributed by atoms with Crippen molar-refractivity contribution in [3.8, 4) is 67.5 Å². The van der Waals surface area contributed by atoms with Gasteiger partial charge < -0.3 is 5.11 Å². The number of para-hydroxylation sites is 1. The van der Waals surface area contributed by atoms with E-state index in [1.807, 2.05) is 6.20 Å². The Balaban J connectivity index is 1.38. The van der Waals surface area contributed by atoms with Crippen molar-refractivity contribution in [3.05, 3.63) is 181 Å². The summed E-state index contributed by atoms with van der Waals surface area (Å²) < 4.78 is 2.28. The fourth-order valence-electron chi connectivity index (χ4n) is 8.56. The van der Waals surface area contributed by atoms with Gasteiger partial charge >= 0.3 is 0 Å². The van der Waals surface area contributed by atoms with Crippen LogP contribution in [-0.2, 0) is 16.2 Å². The Morgan fingerprint density at radius 3 is 1.76 bits per heavy atom. The van der Waals surface area contributed by atoms with Crippen LogP contribution in [0.25, 0.3) is 83.5 Å². The maximum absolute atomic E-state index is 12.5. The van der Waals surface area contributed by atoms with Crippen molar-refractivity contribution in [2.45, 2.75) is 78.6 Å². The number of pyridine rings is 1. The van der Waals surface area contributed by atoms with E-state index in [4.69, 9.17) is 9.97 Å². The second-order valence-electron chi connectivity index (χ2n) is 19.8. The minimum atomic E-state index is -0.324. The molecule has 1 N–H and O–H groups in total. The average Bonchev–Trinajstić information content (AvgIpc) is 3.65. The number of aromatic nitrogens is 3. The third-order valence-corrected chi connectivity index (χ3v) is 12.2. The van der Waals surface area contributed by atoms with Gasteiger partial charge in [0.2, 0.25) is 0 Å². The van der Waals surface area contributed by atoms with Gasteiger partial charge in [-0.15, -0.1) is 0 Å². The fraction of sp³-hybridized carbons (Fsp3) is 0.207. The van der Waals surface area contributed by atoms with Crippen LogP contribution in [0, 0.1) is 0 Å². The van der Waals surface area contributed by atoms with E-state index in [2.05, 4.69) is 225 Å². The van der Waals surface area contributed by atoms with Gasteiger partial charge in [-0.2, -0.15) is 0 Å². The normalized spacial score (nSPS) is 12.3. The summed E-state index contributed by atoms with van der Waals surface area (Å²) in [5.41, 5.74) is 14.6. The summed E-state index contributed by atoms with van der Waals surface area (Å²) in [6, 6.07) is 56.2. The van der Waals surface area contributed by atoms with Gasteiger partial charge in [-0.05, 0) is 97.5 Å². The van der Waals surface area contributed by atoms with Crippen molar-refractivity contribution >= 4 is 21.8 Å². The SMILES string of the molecule is CC(C)(C)c1cc(-c2cc3ccccc3cn2)cc(-c2cccc3c2nc(-c2cc(C(C)(C)C)cc(C(C)(C)C)c2O)n3-c2ccc(-c3ccccc3)cc2-c2ccccc2)c1. The monoisotopic (exact) mass is 809 g/mol. The lowest BCUT2D eigenvalue weighted by molar-refractivity contribution is 0.446. The topological polar surface area (TPSA) is 50.9 Å². The predicted octanol–water partition coefficient (Wildman–Crippen LogP) is 15.5. The van der Waals surface area contributed by atoms with Crippen molar-refractivity contribution in [2.24, 2.45) is 0 Å². The highest BCUT2D eigenvalue weighted by molar-refractivity contribution is 5.98. The molecule has 0 aliphatic carbocycles. The quantitative estimate of drug-likeness (QED) is 0.182. The van der Waals surface area contributed by atoms with E-state index in [1.54, 1.807) is 0 Å². The molecule has 0 fully saturated rings. The highest BCUT2D eigenvalue weighted by atomic mass is 16.3. The van der Waals surface area contributed by atoms with Crippen molar-refractivity contribution in [3.63, 3.8) is 0 Å². The molecule has 0 unspecified atom stereocenters. The summed E-state index contributed by atoms with van der Waals surface area (Å²) in [7, 11) is 0. The van der Waals surface area contributed by atoms with Gasteiger partial charge in [0.15, 0.2) is 0 Å². The van der Waals surface area contributed by atoms with Crippen molar-refractivity contribution < 1.29 is 5.11 Å². The molecule has 9 aromatic rings. The number of phenolic OH excluding ortho intramolecular Hbond substituents is 1. The molecule has 308 valence electrons. The van der Waals surface area contributed by atoms with Crippen molar-refractivity contribution in [1.29, 1.82) is 0 Å². The Bertz CT molecular complexity index is 3120. The highest BCUT2D eigenvalue weighted by Crippen LogP contribution is 2.46. The first-order valence-electron chi connectivity index (χ1n) is 21.7. The van der Waals surface area contributed by atoms with Crippen LogP contribution in [0.3, 0.4) is 0 Å². The summed E-state index contributed by atoms with van der Waals surface area (Å²) in [5.74, 6) is 0.944. The largest absolute Gasteiger partial charge is 0.507 e. The van der Waals surface area contributed by atoms with Crippen LogP contribution < -0.4 is 0 Å². The summed E-state index contributed by atoms with van der Waals surface area (Å²) in [4.78, 5) is 10.7. The van der Waals surface area contributed by atoms with Crippen molar-refractivity contribution in [1.82, 2.24) is 14.5 Å². The molecule has 0 bridgehead atoms. The third kappa shape index (κ3) is 7.60. The van der Waals surface area contributed by atoms with E-state index in [-0.39, 0.29) is 22.0 Å². The second kappa shape index (κ2) is 15.3. The number of imidazole rings is 1. The Morgan fingerprint density at radius 2 is 1.08 bits per heavy atom. The average molecular weight is 810 g/mol.